The molecule has 3 rings (SSSR count). The number of nitrogens with one attached hydrogen (secondary N) is 1. The third-order valence-corrected chi connectivity index (χ3v) is 3.75. The molecule has 1 aromatic heterocycles. The molecule has 0 unspecified atom stereocenters. The van der Waals surface area contributed by atoms with Crippen molar-refractivity contribution in [3.05, 3.63) is 35.0 Å². The molecule has 94 valence electrons. The number of likely N-dealkylation sites (tertiary alicyclic amines) is 1. The number of carbonyl (C=O) groups is 1. The predicted molar refractivity (Wildman–Crippen MR) is 73.1 cm³/mol. The van der Waals surface area contributed by atoms with Gasteiger partial charge in [-0.25, -0.2) is 0 Å². The number of hydrogen-bond donors (Lipinski definition) is 1. The van der Waals surface area contributed by atoms with E-state index in [9.17, 15) is 4.79 Å². The third-order valence-electron chi connectivity index (χ3n) is 3.52. The minimum absolute atomic E-state index is 0.128. The Morgan fingerprint density at radius 3 is 2.78 bits per heavy atom. The predicted octanol–water partition coefficient (Wildman–Crippen LogP) is 3.45. The van der Waals surface area contributed by atoms with Crippen molar-refractivity contribution in [1.29, 1.82) is 0 Å². The number of carbonyl (C=O) groups excluding carboxylic acids is 1. The number of rotatable bonds is 1. The van der Waals surface area contributed by atoms with Crippen LogP contribution in [0.4, 0.5) is 0 Å². The quantitative estimate of drug-likeness (QED) is 0.840. The number of hydrogen-bond acceptors (Lipinski definition) is 1. The largest absolute Gasteiger partial charge is 0.360 e. The van der Waals surface area contributed by atoms with Crippen LogP contribution in [-0.2, 0) is 0 Å². The fourth-order valence-electron chi connectivity index (χ4n) is 2.54. The van der Waals surface area contributed by atoms with Gasteiger partial charge in [0.2, 0.25) is 0 Å². The number of halogens is 1. The van der Waals surface area contributed by atoms with Crippen LogP contribution in [0.2, 0.25) is 5.02 Å². The van der Waals surface area contributed by atoms with Gasteiger partial charge >= 0.3 is 0 Å². The van der Waals surface area contributed by atoms with E-state index in [1.165, 1.54) is 6.42 Å². The Balaban J connectivity index is 1.96. The molecule has 0 saturated carbocycles. The molecule has 0 atom stereocenters. The normalized spacial score (nSPS) is 16.2. The smallest absolute Gasteiger partial charge is 0.256 e. The number of H-pyrrole nitrogens is 1. The average molecular weight is 263 g/mol. The van der Waals surface area contributed by atoms with Crippen molar-refractivity contribution >= 4 is 28.4 Å². The maximum Gasteiger partial charge on any atom is 0.256 e. The van der Waals surface area contributed by atoms with Gasteiger partial charge in [-0.2, -0.15) is 0 Å². The number of aromatic amines is 1. The van der Waals surface area contributed by atoms with Crippen LogP contribution in [0.15, 0.2) is 24.4 Å². The maximum absolute atomic E-state index is 12.4. The summed E-state index contributed by atoms with van der Waals surface area (Å²) >= 11 is 5.94. The summed E-state index contributed by atoms with van der Waals surface area (Å²) in [6, 6.07) is 5.58. The molecule has 2 heterocycles. The molecular weight excluding hydrogens is 248 g/mol. The fourth-order valence-corrected chi connectivity index (χ4v) is 2.71. The van der Waals surface area contributed by atoms with Crippen LogP contribution in [0.25, 0.3) is 10.9 Å². The van der Waals surface area contributed by atoms with Gasteiger partial charge in [-0.05, 0) is 31.4 Å². The summed E-state index contributed by atoms with van der Waals surface area (Å²) in [6.45, 7) is 1.75. The number of nitrogens with zero attached hydrogens (tertiary/aromatic N) is 1. The highest BCUT2D eigenvalue weighted by atomic mass is 35.5. The second-order valence-electron chi connectivity index (χ2n) is 4.75. The molecule has 1 N–H and O–H groups in total. The monoisotopic (exact) mass is 262 g/mol. The maximum atomic E-state index is 12.4. The van der Waals surface area contributed by atoms with E-state index in [0.29, 0.717) is 5.02 Å². The number of piperidine rings is 1. The standard InChI is InChI=1S/C14H15ClN2O/c15-10-4-5-11-12(9-16-13(11)8-10)14(18)17-6-2-1-3-7-17/h4-5,8-9,16H,1-3,6-7H2. The van der Waals surface area contributed by atoms with Gasteiger partial charge in [0.05, 0.1) is 5.56 Å². The van der Waals surface area contributed by atoms with Crippen molar-refractivity contribution in [2.45, 2.75) is 19.3 Å². The molecule has 1 saturated heterocycles. The van der Waals surface area contributed by atoms with E-state index >= 15 is 0 Å². The van der Waals surface area contributed by atoms with Crippen LogP contribution >= 0.6 is 11.6 Å². The van der Waals surface area contributed by atoms with E-state index in [-0.39, 0.29) is 5.91 Å². The van der Waals surface area contributed by atoms with E-state index in [1.54, 1.807) is 6.20 Å². The van der Waals surface area contributed by atoms with Crippen molar-refractivity contribution in [3.63, 3.8) is 0 Å². The first-order valence-electron chi connectivity index (χ1n) is 6.31. The molecule has 3 nitrogen and oxygen atoms in total. The molecule has 1 aromatic carbocycles. The first-order valence-corrected chi connectivity index (χ1v) is 6.69. The Morgan fingerprint density at radius 1 is 1.22 bits per heavy atom. The van der Waals surface area contributed by atoms with E-state index in [1.807, 2.05) is 23.1 Å². The van der Waals surface area contributed by atoms with Gasteiger partial charge in [0.15, 0.2) is 0 Å². The molecule has 2 aromatic rings. The van der Waals surface area contributed by atoms with Crippen LogP contribution in [0.3, 0.4) is 0 Å². The van der Waals surface area contributed by atoms with E-state index in [0.717, 1.165) is 42.4 Å². The minimum Gasteiger partial charge on any atom is -0.360 e. The molecule has 4 heteroatoms. The summed E-state index contributed by atoms with van der Waals surface area (Å²) in [6.07, 6.45) is 5.24. The minimum atomic E-state index is 0.128. The zero-order valence-corrected chi connectivity index (χ0v) is 10.8. The number of benzene rings is 1. The van der Waals surface area contributed by atoms with Gasteiger partial charge in [0.1, 0.15) is 0 Å². The molecule has 1 fully saturated rings. The zero-order chi connectivity index (χ0) is 12.5. The van der Waals surface area contributed by atoms with Gasteiger partial charge in [0.25, 0.3) is 5.91 Å². The topological polar surface area (TPSA) is 36.1 Å². The Morgan fingerprint density at radius 2 is 2.00 bits per heavy atom. The second kappa shape index (κ2) is 4.65. The van der Waals surface area contributed by atoms with Crippen LogP contribution in [-0.4, -0.2) is 28.9 Å². The Kier molecular flexibility index (Phi) is 3.00. The molecule has 1 amide bonds. The SMILES string of the molecule is O=C(c1c[nH]c2cc(Cl)ccc12)N1CCCCC1. The van der Waals surface area contributed by atoms with Crippen LogP contribution < -0.4 is 0 Å². The van der Waals surface area contributed by atoms with Gasteiger partial charge in [-0.15, -0.1) is 0 Å². The number of aromatic nitrogens is 1. The van der Waals surface area contributed by atoms with Crippen LogP contribution in [0.1, 0.15) is 29.6 Å². The lowest BCUT2D eigenvalue weighted by molar-refractivity contribution is 0.0726. The summed E-state index contributed by atoms with van der Waals surface area (Å²) < 4.78 is 0. The second-order valence-corrected chi connectivity index (χ2v) is 5.18. The van der Waals surface area contributed by atoms with Gasteiger partial charge in [-0.3, -0.25) is 4.79 Å². The lowest BCUT2D eigenvalue weighted by Crippen LogP contribution is -2.35. The summed E-state index contributed by atoms with van der Waals surface area (Å²) in [5.74, 6) is 0.128. The highest BCUT2D eigenvalue weighted by molar-refractivity contribution is 6.31. The van der Waals surface area contributed by atoms with Gasteiger partial charge in [0, 0.05) is 35.2 Å². The summed E-state index contributed by atoms with van der Waals surface area (Å²) in [4.78, 5) is 17.5. The molecule has 0 bridgehead atoms. The molecule has 18 heavy (non-hydrogen) atoms. The van der Waals surface area contributed by atoms with Crippen LogP contribution in [0, 0.1) is 0 Å². The van der Waals surface area contributed by atoms with Crippen molar-refractivity contribution in [2.75, 3.05) is 13.1 Å². The highest BCUT2D eigenvalue weighted by Crippen LogP contribution is 2.24. The first-order chi connectivity index (χ1) is 8.75. The number of fused-ring (bicyclic) bond motifs is 1. The average Bonchev–Trinajstić information content (AvgIpc) is 2.81. The molecular formula is C14H15ClN2O. The summed E-state index contributed by atoms with van der Waals surface area (Å²) in [7, 11) is 0. The van der Waals surface area contributed by atoms with Gasteiger partial charge in [-0.1, -0.05) is 17.7 Å². The van der Waals surface area contributed by atoms with Crippen molar-refractivity contribution in [2.24, 2.45) is 0 Å². The Labute approximate surface area is 111 Å². The zero-order valence-electron chi connectivity index (χ0n) is 10.1. The van der Waals surface area contributed by atoms with E-state index < -0.39 is 0 Å². The Bertz CT molecular complexity index is 584. The molecule has 0 radical (unpaired) electrons. The number of amides is 1. The van der Waals surface area contributed by atoms with Crippen molar-refractivity contribution in [1.82, 2.24) is 9.88 Å². The highest BCUT2D eigenvalue weighted by Gasteiger charge is 2.20. The molecule has 0 spiro atoms. The lowest BCUT2D eigenvalue weighted by Gasteiger charge is -2.26. The van der Waals surface area contributed by atoms with E-state index in [4.69, 9.17) is 11.6 Å². The summed E-state index contributed by atoms with van der Waals surface area (Å²) in [5, 5.41) is 1.64. The van der Waals surface area contributed by atoms with Crippen molar-refractivity contribution in [3.8, 4) is 0 Å². The van der Waals surface area contributed by atoms with Gasteiger partial charge < -0.3 is 9.88 Å². The third kappa shape index (κ3) is 1.99. The summed E-state index contributed by atoms with van der Waals surface area (Å²) in [5.41, 5.74) is 1.67. The van der Waals surface area contributed by atoms with Crippen LogP contribution in [0.5, 0.6) is 0 Å². The van der Waals surface area contributed by atoms with E-state index in [2.05, 4.69) is 4.98 Å². The fraction of sp³-hybridized carbons (Fsp3) is 0.357. The first kappa shape index (κ1) is 11.6. The molecule has 1 aliphatic heterocycles. The molecule has 1 aliphatic rings. The molecule has 0 aliphatic carbocycles. The Hall–Kier alpha value is -1.48. The lowest BCUT2D eigenvalue weighted by atomic mass is 10.1. The van der Waals surface area contributed by atoms with Crippen molar-refractivity contribution < 1.29 is 4.79 Å².